The zero-order valence-electron chi connectivity index (χ0n) is 11.5. The quantitative estimate of drug-likeness (QED) is 0.694. The van der Waals surface area contributed by atoms with Gasteiger partial charge in [-0.05, 0) is 30.3 Å². The molecule has 0 unspecified atom stereocenters. The van der Waals surface area contributed by atoms with Crippen LogP contribution in [0.4, 0.5) is 17.6 Å². The second-order valence-electron chi connectivity index (χ2n) is 4.53. The van der Waals surface area contributed by atoms with E-state index in [0.29, 0.717) is 12.1 Å². The molecule has 0 atom stereocenters. The third kappa shape index (κ3) is 4.12. The summed E-state index contributed by atoms with van der Waals surface area (Å²) in [5.41, 5.74) is -1.61. The third-order valence-corrected chi connectivity index (χ3v) is 2.95. The minimum atomic E-state index is -4.90. The number of alkyl halides is 3. The molecule has 0 fully saturated rings. The fourth-order valence-corrected chi connectivity index (χ4v) is 1.78. The maximum absolute atomic E-state index is 13.2. The largest absolute Gasteiger partial charge is 0.419 e. The maximum Gasteiger partial charge on any atom is 0.419 e. The summed E-state index contributed by atoms with van der Waals surface area (Å²) >= 11 is 0. The van der Waals surface area contributed by atoms with Crippen LogP contribution >= 0.6 is 0 Å². The van der Waals surface area contributed by atoms with Crippen LogP contribution in [0.5, 0.6) is 0 Å². The standard InChI is InChI=1S/C15H10F4N2O2/c16-12-2-1-10(7-11(12)15(17,18)19)13(22)8-21-14(23)9-3-5-20-6-4-9/h1-7H,8H2,(H,21,23). The van der Waals surface area contributed by atoms with Gasteiger partial charge in [0.2, 0.25) is 0 Å². The van der Waals surface area contributed by atoms with Crippen molar-refractivity contribution in [1.29, 1.82) is 0 Å². The van der Waals surface area contributed by atoms with Crippen molar-refractivity contribution in [3.63, 3.8) is 0 Å². The van der Waals surface area contributed by atoms with E-state index in [1.165, 1.54) is 24.5 Å². The van der Waals surface area contributed by atoms with Crippen molar-refractivity contribution < 1.29 is 27.2 Å². The van der Waals surface area contributed by atoms with E-state index in [-0.39, 0.29) is 11.1 Å². The SMILES string of the molecule is O=C(CNC(=O)c1ccncc1)c1ccc(F)c(C(F)(F)F)c1. The van der Waals surface area contributed by atoms with E-state index in [2.05, 4.69) is 10.3 Å². The van der Waals surface area contributed by atoms with Crippen molar-refractivity contribution in [2.45, 2.75) is 6.18 Å². The molecule has 1 heterocycles. The molecular weight excluding hydrogens is 316 g/mol. The van der Waals surface area contributed by atoms with E-state index in [1.807, 2.05) is 0 Å². The minimum absolute atomic E-state index is 0.253. The Kier molecular flexibility index (Phi) is 4.73. The average Bonchev–Trinajstić information content (AvgIpc) is 2.52. The molecule has 2 rings (SSSR count). The Balaban J connectivity index is 2.08. The number of carbonyl (C=O) groups excluding carboxylic acids is 2. The number of benzene rings is 1. The smallest absolute Gasteiger partial charge is 0.345 e. The fraction of sp³-hybridized carbons (Fsp3) is 0.133. The number of rotatable bonds is 4. The fourth-order valence-electron chi connectivity index (χ4n) is 1.78. The lowest BCUT2D eigenvalue weighted by Crippen LogP contribution is -2.29. The van der Waals surface area contributed by atoms with Crippen LogP contribution in [0.1, 0.15) is 26.3 Å². The molecule has 0 aliphatic rings. The number of halogens is 4. The second-order valence-corrected chi connectivity index (χ2v) is 4.53. The van der Waals surface area contributed by atoms with Crippen molar-refractivity contribution in [2.24, 2.45) is 0 Å². The number of nitrogens with zero attached hydrogens (tertiary/aromatic N) is 1. The van der Waals surface area contributed by atoms with Crippen LogP contribution in [0.15, 0.2) is 42.7 Å². The molecule has 0 radical (unpaired) electrons. The molecule has 0 spiro atoms. The Morgan fingerprint density at radius 3 is 2.30 bits per heavy atom. The number of amides is 1. The summed E-state index contributed by atoms with van der Waals surface area (Å²) in [5.74, 6) is -2.80. The van der Waals surface area contributed by atoms with Gasteiger partial charge in [0.15, 0.2) is 5.78 Å². The molecule has 4 nitrogen and oxygen atoms in total. The van der Waals surface area contributed by atoms with Gasteiger partial charge < -0.3 is 5.32 Å². The van der Waals surface area contributed by atoms with Gasteiger partial charge in [0, 0.05) is 23.5 Å². The molecule has 0 saturated carbocycles. The third-order valence-electron chi connectivity index (χ3n) is 2.95. The van der Waals surface area contributed by atoms with Crippen LogP contribution < -0.4 is 5.32 Å². The van der Waals surface area contributed by atoms with Crippen LogP contribution in [0.3, 0.4) is 0 Å². The van der Waals surface area contributed by atoms with Crippen LogP contribution in [-0.4, -0.2) is 23.2 Å². The average molecular weight is 326 g/mol. The highest BCUT2D eigenvalue weighted by atomic mass is 19.4. The van der Waals surface area contributed by atoms with E-state index in [4.69, 9.17) is 0 Å². The van der Waals surface area contributed by atoms with Gasteiger partial charge in [-0.2, -0.15) is 13.2 Å². The molecule has 0 aliphatic carbocycles. The van der Waals surface area contributed by atoms with E-state index < -0.39 is 35.8 Å². The molecule has 1 amide bonds. The number of carbonyl (C=O) groups is 2. The molecule has 1 N–H and O–H groups in total. The lowest BCUT2D eigenvalue weighted by atomic mass is 10.1. The van der Waals surface area contributed by atoms with E-state index in [1.54, 1.807) is 0 Å². The van der Waals surface area contributed by atoms with Gasteiger partial charge in [0.1, 0.15) is 5.82 Å². The van der Waals surface area contributed by atoms with Gasteiger partial charge >= 0.3 is 6.18 Å². The zero-order chi connectivity index (χ0) is 17.0. The van der Waals surface area contributed by atoms with Crippen LogP contribution in [0, 0.1) is 5.82 Å². The Bertz CT molecular complexity index is 730. The Labute approximate surface area is 128 Å². The highest BCUT2D eigenvalue weighted by Crippen LogP contribution is 2.31. The summed E-state index contributed by atoms with van der Waals surface area (Å²) in [4.78, 5) is 27.3. The number of pyridine rings is 1. The van der Waals surface area contributed by atoms with E-state index in [9.17, 15) is 27.2 Å². The van der Waals surface area contributed by atoms with Gasteiger partial charge in [-0.15, -0.1) is 0 Å². The van der Waals surface area contributed by atoms with Gasteiger partial charge in [-0.1, -0.05) is 0 Å². The molecule has 120 valence electrons. The summed E-state index contributed by atoms with van der Waals surface area (Å²) in [7, 11) is 0. The minimum Gasteiger partial charge on any atom is -0.345 e. The topological polar surface area (TPSA) is 59.1 Å². The zero-order valence-corrected chi connectivity index (χ0v) is 11.5. The van der Waals surface area contributed by atoms with Crippen LogP contribution in [0.25, 0.3) is 0 Å². The molecule has 1 aromatic heterocycles. The number of Topliss-reactive ketones (excluding diaryl/α,β-unsaturated/α-hetero) is 1. The van der Waals surface area contributed by atoms with Crippen molar-refractivity contribution >= 4 is 11.7 Å². The molecule has 0 bridgehead atoms. The summed E-state index contributed by atoms with van der Waals surface area (Å²) < 4.78 is 51.0. The molecular formula is C15H10F4N2O2. The van der Waals surface area contributed by atoms with Gasteiger partial charge in [0.25, 0.3) is 5.91 Å². The lowest BCUT2D eigenvalue weighted by molar-refractivity contribution is -0.140. The molecule has 8 heteroatoms. The Hall–Kier alpha value is -2.77. The number of ketones is 1. The van der Waals surface area contributed by atoms with E-state index >= 15 is 0 Å². The first kappa shape index (κ1) is 16.6. The normalized spacial score (nSPS) is 11.1. The summed E-state index contributed by atoms with van der Waals surface area (Å²) in [5, 5.41) is 2.28. The van der Waals surface area contributed by atoms with Gasteiger partial charge in [-0.3, -0.25) is 14.6 Å². The molecule has 2 aromatic rings. The molecule has 23 heavy (non-hydrogen) atoms. The number of hydrogen-bond acceptors (Lipinski definition) is 3. The van der Waals surface area contributed by atoms with Crippen molar-refractivity contribution in [2.75, 3.05) is 6.54 Å². The number of hydrogen-bond donors (Lipinski definition) is 1. The van der Waals surface area contributed by atoms with Gasteiger partial charge in [0.05, 0.1) is 12.1 Å². The number of aromatic nitrogens is 1. The monoisotopic (exact) mass is 326 g/mol. The van der Waals surface area contributed by atoms with Crippen LogP contribution in [-0.2, 0) is 6.18 Å². The number of nitrogens with one attached hydrogen (secondary N) is 1. The first-order valence-electron chi connectivity index (χ1n) is 6.37. The lowest BCUT2D eigenvalue weighted by Gasteiger charge is -2.10. The maximum atomic E-state index is 13.2. The van der Waals surface area contributed by atoms with Crippen molar-refractivity contribution in [1.82, 2.24) is 10.3 Å². The molecule has 1 aromatic carbocycles. The highest BCUT2D eigenvalue weighted by molar-refractivity contribution is 6.02. The molecule has 0 aliphatic heterocycles. The predicted molar refractivity (Wildman–Crippen MR) is 72.3 cm³/mol. The second kappa shape index (κ2) is 6.55. The highest BCUT2D eigenvalue weighted by Gasteiger charge is 2.34. The summed E-state index contributed by atoms with van der Waals surface area (Å²) in [6, 6.07) is 4.77. The van der Waals surface area contributed by atoms with E-state index in [0.717, 1.165) is 6.07 Å². The summed E-state index contributed by atoms with van der Waals surface area (Å²) in [6.07, 6.45) is -2.14. The molecule has 0 saturated heterocycles. The van der Waals surface area contributed by atoms with Crippen molar-refractivity contribution in [3.8, 4) is 0 Å². The van der Waals surface area contributed by atoms with Crippen molar-refractivity contribution in [3.05, 3.63) is 65.2 Å². The van der Waals surface area contributed by atoms with Gasteiger partial charge in [-0.25, -0.2) is 4.39 Å². The first-order chi connectivity index (χ1) is 10.8. The first-order valence-corrected chi connectivity index (χ1v) is 6.37. The van der Waals surface area contributed by atoms with Crippen LogP contribution in [0.2, 0.25) is 0 Å². The Morgan fingerprint density at radius 2 is 1.70 bits per heavy atom. The Morgan fingerprint density at radius 1 is 1.04 bits per heavy atom. The summed E-state index contributed by atoms with van der Waals surface area (Å²) in [6.45, 7) is -0.510. The predicted octanol–water partition coefficient (Wildman–Crippen LogP) is 2.85.